The van der Waals surface area contributed by atoms with Crippen molar-refractivity contribution in [1.29, 1.82) is 0 Å². The van der Waals surface area contributed by atoms with Crippen molar-refractivity contribution in [3.8, 4) is 0 Å². The SMILES string of the molecule is CCNCc1ccc(C(F)(F)F)cn1. The fourth-order valence-corrected chi connectivity index (χ4v) is 0.950. The van der Waals surface area contributed by atoms with Crippen LogP contribution in [-0.2, 0) is 12.7 Å². The Labute approximate surface area is 80.2 Å². The minimum atomic E-state index is -4.30. The molecule has 0 saturated carbocycles. The minimum Gasteiger partial charge on any atom is -0.311 e. The molecular weight excluding hydrogens is 193 g/mol. The molecular formula is C9H11F3N2. The lowest BCUT2D eigenvalue weighted by molar-refractivity contribution is -0.137. The lowest BCUT2D eigenvalue weighted by Crippen LogP contribution is -2.13. The van der Waals surface area contributed by atoms with E-state index in [-0.39, 0.29) is 0 Å². The summed E-state index contributed by atoms with van der Waals surface area (Å²) < 4.78 is 36.3. The van der Waals surface area contributed by atoms with Gasteiger partial charge < -0.3 is 5.32 Å². The Morgan fingerprint density at radius 1 is 1.36 bits per heavy atom. The Balaban J connectivity index is 2.69. The molecule has 14 heavy (non-hydrogen) atoms. The number of hydrogen-bond donors (Lipinski definition) is 1. The van der Waals surface area contributed by atoms with Crippen LogP contribution >= 0.6 is 0 Å². The fourth-order valence-electron chi connectivity index (χ4n) is 0.950. The summed E-state index contributed by atoms with van der Waals surface area (Å²) >= 11 is 0. The molecule has 0 radical (unpaired) electrons. The second kappa shape index (κ2) is 4.41. The Morgan fingerprint density at radius 3 is 2.50 bits per heavy atom. The predicted octanol–water partition coefficient (Wildman–Crippen LogP) is 2.21. The molecule has 2 nitrogen and oxygen atoms in total. The van der Waals surface area contributed by atoms with Gasteiger partial charge in [0.25, 0.3) is 0 Å². The van der Waals surface area contributed by atoms with E-state index < -0.39 is 11.7 Å². The average Bonchev–Trinajstić information content (AvgIpc) is 2.14. The van der Waals surface area contributed by atoms with E-state index in [1.54, 1.807) is 0 Å². The minimum absolute atomic E-state index is 0.495. The largest absolute Gasteiger partial charge is 0.417 e. The van der Waals surface area contributed by atoms with Crippen molar-refractivity contribution in [3.63, 3.8) is 0 Å². The van der Waals surface area contributed by atoms with Crippen molar-refractivity contribution in [2.24, 2.45) is 0 Å². The van der Waals surface area contributed by atoms with Crippen LogP contribution < -0.4 is 5.32 Å². The summed E-state index contributed by atoms with van der Waals surface area (Å²) in [5.74, 6) is 0. The van der Waals surface area contributed by atoms with Gasteiger partial charge in [-0.05, 0) is 18.7 Å². The topological polar surface area (TPSA) is 24.9 Å². The molecule has 78 valence electrons. The monoisotopic (exact) mass is 204 g/mol. The van der Waals surface area contributed by atoms with Crippen molar-refractivity contribution < 1.29 is 13.2 Å². The fraction of sp³-hybridized carbons (Fsp3) is 0.444. The molecule has 0 aliphatic rings. The normalized spacial score (nSPS) is 11.7. The van der Waals surface area contributed by atoms with Gasteiger partial charge in [-0.1, -0.05) is 6.92 Å². The maximum absolute atomic E-state index is 12.1. The van der Waals surface area contributed by atoms with Crippen LogP contribution in [0.2, 0.25) is 0 Å². The first kappa shape index (κ1) is 11.0. The molecule has 0 saturated heterocycles. The summed E-state index contributed by atoms with van der Waals surface area (Å²) in [6, 6.07) is 2.42. The van der Waals surface area contributed by atoms with E-state index in [2.05, 4.69) is 10.3 Å². The van der Waals surface area contributed by atoms with Gasteiger partial charge in [0, 0.05) is 12.7 Å². The van der Waals surface area contributed by atoms with Crippen molar-refractivity contribution in [2.75, 3.05) is 6.54 Å². The third kappa shape index (κ3) is 2.99. The number of alkyl halides is 3. The van der Waals surface area contributed by atoms with Crippen LogP contribution in [-0.4, -0.2) is 11.5 Å². The predicted molar refractivity (Wildman–Crippen MR) is 46.6 cm³/mol. The molecule has 0 atom stereocenters. The molecule has 0 amide bonds. The molecule has 0 bridgehead atoms. The molecule has 0 unspecified atom stereocenters. The van der Waals surface area contributed by atoms with Gasteiger partial charge in [-0.2, -0.15) is 13.2 Å². The van der Waals surface area contributed by atoms with E-state index in [0.29, 0.717) is 12.2 Å². The first-order valence-electron chi connectivity index (χ1n) is 4.27. The first-order valence-corrected chi connectivity index (χ1v) is 4.27. The van der Waals surface area contributed by atoms with E-state index in [4.69, 9.17) is 0 Å². The van der Waals surface area contributed by atoms with Crippen LogP contribution in [0, 0.1) is 0 Å². The van der Waals surface area contributed by atoms with Crippen molar-refractivity contribution in [1.82, 2.24) is 10.3 Å². The van der Waals surface area contributed by atoms with Crippen LogP contribution in [0.25, 0.3) is 0 Å². The summed E-state index contributed by atoms with van der Waals surface area (Å²) in [4.78, 5) is 3.70. The number of aromatic nitrogens is 1. The number of pyridine rings is 1. The number of rotatable bonds is 3. The maximum atomic E-state index is 12.1. The second-order valence-electron chi connectivity index (χ2n) is 2.82. The van der Waals surface area contributed by atoms with Gasteiger partial charge in [0.15, 0.2) is 0 Å². The summed E-state index contributed by atoms with van der Waals surface area (Å²) in [5.41, 5.74) is -0.0994. The summed E-state index contributed by atoms with van der Waals surface area (Å²) in [6.45, 7) is 3.18. The van der Waals surface area contributed by atoms with Crippen LogP contribution in [0.3, 0.4) is 0 Å². The molecule has 1 aromatic heterocycles. The van der Waals surface area contributed by atoms with Gasteiger partial charge >= 0.3 is 6.18 Å². The zero-order chi connectivity index (χ0) is 10.6. The van der Waals surface area contributed by atoms with Crippen LogP contribution in [0.5, 0.6) is 0 Å². The van der Waals surface area contributed by atoms with Gasteiger partial charge in [0.2, 0.25) is 0 Å². The number of nitrogens with zero attached hydrogens (tertiary/aromatic N) is 1. The zero-order valence-electron chi connectivity index (χ0n) is 7.73. The zero-order valence-corrected chi connectivity index (χ0v) is 7.73. The van der Waals surface area contributed by atoms with Gasteiger partial charge in [-0.3, -0.25) is 4.98 Å². The Morgan fingerprint density at radius 2 is 2.07 bits per heavy atom. The highest BCUT2D eigenvalue weighted by Gasteiger charge is 2.30. The molecule has 0 aliphatic carbocycles. The molecule has 1 aromatic rings. The van der Waals surface area contributed by atoms with Crippen molar-refractivity contribution in [3.05, 3.63) is 29.6 Å². The lowest BCUT2D eigenvalue weighted by Gasteiger charge is -2.06. The Hall–Kier alpha value is -1.10. The van der Waals surface area contributed by atoms with E-state index in [1.165, 1.54) is 6.07 Å². The van der Waals surface area contributed by atoms with Gasteiger partial charge in [-0.25, -0.2) is 0 Å². The molecule has 5 heteroatoms. The number of hydrogen-bond acceptors (Lipinski definition) is 2. The Bertz CT molecular complexity index is 279. The number of halogens is 3. The first-order chi connectivity index (χ1) is 6.54. The maximum Gasteiger partial charge on any atom is 0.417 e. The highest BCUT2D eigenvalue weighted by atomic mass is 19.4. The summed E-state index contributed by atoms with van der Waals surface area (Å²) in [6.07, 6.45) is -3.45. The highest BCUT2D eigenvalue weighted by molar-refractivity contribution is 5.16. The van der Waals surface area contributed by atoms with Gasteiger partial charge in [-0.15, -0.1) is 0 Å². The van der Waals surface area contributed by atoms with Crippen molar-refractivity contribution in [2.45, 2.75) is 19.6 Å². The quantitative estimate of drug-likeness (QED) is 0.816. The van der Waals surface area contributed by atoms with Crippen molar-refractivity contribution >= 4 is 0 Å². The van der Waals surface area contributed by atoms with E-state index in [0.717, 1.165) is 18.8 Å². The van der Waals surface area contributed by atoms with Crippen LogP contribution in [0.15, 0.2) is 18.3 Å². The molecule has 1 heterocycles. The highest BCUT2D eigenvalue weighted by Crippen LogP contribution is 2.28. The molecule has 0 spiro atoms. The molecule has 0 aromatic carbocycles. The standard InChI is InChI=1S/C9H11F3N2/c1-2-13-6-8-4-3-7(5-14-8)9(10,11)12/h3-5,13H,2,6H2,1H3. The summed E-state index contributed by atoms with van der Waals surface area (Å²) in [7, 11) is 0. The van der Waals surface area contributed by atoms with E-state index in [9.17, 15) is 13.2 Å². The van der Waals surface area contributed by atoms with Crippen LogP contribution in [0.1, 0.15) is 18.2 Å². The average molecular weight is 204 g/mol. The van der Waals surface area contributed by atoms with E-state index >= 15 is 0 Å². The molecule has 0 fully saturated rings. The Kier molecular flexibility index (Phi) is 3.46. The third-order valence-electron chi connectivity index (χ3n) is 1.71. The smallest absolute Gasteiger partial charge is 0.311 e. The molecule has 1 N–H and O–H groups in total. The van der Waals surface area contributed by atoms with E-state index in [1.807, 2.05) is 6.92 Å². The van der Waals surface area contributed by atoms with Crippen LogP contribution in [0.4, 0.5) is 13.2 Å². The third-order valence-corrected chi connectivity index (χ3v) is 1.71. The van der Waals surface area contributed by atoms with Gasteiger partial charge in [0.1, 0.15) is 0 Å². The second-order valence-corrected chi connectivity index (χ2v) is 2.82. The lowest BCUT2D eigenvalue weighted by atomic mass is 10.2. The summed E-state index contributed by atoms with van der Waals surface area (Å²) in [5, 5.41) is 2.98. The molecule has 1 rings (SSSR count). The number of nitrogens with one attached hydrogen (secondary N) is 1. The van der Waals surface area contributed by atoms with Gasteiger partial charge in [0.05, 0.1) is 11.3 Å². The molecule has 0 aliphatic heterocycles.